The molecule has 1 rings (SSSR count). The maximum Gasteiger partial charge on any atom is 0.239 e. The minimum absolute atomic E-state index is 0.00725. The van der Waals surface area contributed by atoms with Gasteiger partial charge in [-0.1, -0.05) is 24.3 Å². The van der Waals surface area contributed by atoms with Crippen molar-refractivity contribution in [2.75, 3.05) is 20.1 Å². The maximum atomic E-state index is 11.5. The van der Waals surface area contributed by atoms with Gasteiger partial charge in [0, 0.05) is 12.1 Å². The fraction of sp³-hybridized carbons (Fsp3) is 0.308. The van der Waals surface area contributed by atoms with E-state index in [0.29, 0.717) is 12.1 Å². The van der Waals surface area contributed by atoms with Crippen molar-refractivity contribution in [2.24, 2.45) is 5.73 Å². The molecule has 0 bridgehead atoms. The highest BCUT2D eigenvalue weighted by molar-refractivity contribution is 5.94. The summed E-state index contributed by atoms with van der Waals surface area (Å²) < 4.78 is 0. The van der Waals surface area contributed by atoms with Crippen LogP contribution in [0.2, 0.25) is 0 Å². The molecule has 20 heavy (non-hydrogen) atoms. The van der Waals surface area contributed by atoms with Crippen molar-refractivity contribution in [3.8, 4) is 0 Å². The molecule has 0 fully saturated rings. The summed E-state index contributed by atoms with van der Waals surface area (Å²) in [5.41, 5.74) is 6.88. The highest BCUT2D eigenvalue weighted by Crippen LogP contribution is 2.03. The van der Waals surface area contributed by atoms with E-state index < -0.39 is 0 Å². The van der Waals surface area contributed by atoms with Crippen molar-refractivity contribution in [1.82, 2.24) is 16.0 Å². The van der Waals surface area contributed by atoms with E-state index in [9.17, 15) is 9.59 Å². The van der Waals surface area contributed by atoms with Crippen LogP contribution in [0, 0.1) is 5.41 Å². The molecule has 0 spiro atoms. The standard InChI is InChI=1S/C13H19N5O2/c1-16-7-11(19)18-8-12(20)17-6-9-2-4-10(5-3-9)13(14)15/h2-5,16H,6-8H2,1H3,(H3,14,15)(H,17,20)(H,18,19). The number of nitrogen functional groups attached to an aromatic ring is 1. The lowest BCUT2D eigenvalue weighted by atomic mass is 10.1. The predicted octanol–water partition coefficient (Wildman–Crippen LogP) is -1.08. The molecule has 6 N–H and O–H groups in total. The van der Waals surface area contributed by atoms with Crippen LogP contribution in [0.3, 0.4) is 0 Å². The van der Waals surface area contributed by atoms with Crippen LogP contribution in [0.5, 0.6) is 0 Å². The van der Waals surface area contributed by atoms with Gasteiger partial charge in [0.2, 0.25) is 11.8 Å². The van der Waals surface area contributed by atoms with Gasteiger partial charge in [-0.2, -0.15) is 0 Å². The molecule has 0 unspecified atom stereocenters. The van der Waals surface area contributed by atoms with Gasteiger partial charge in [0.1, 0.15) is 5.84 Å². The summed E-state index contributed by atoms with van der Waals surface area (Å²) in [7, 11) is 1.66. The van der Waals surface area contributed by atoms with Crippen LogP contribution in [0.25, 0.3) is 0 Å². The van der Waals surface area contributed by atoms with Gasteiger partial charge in [-0.3, -0.25) is 15.0 Å². The van der Waals surface area contributed by atoms with Crippen molar-refractivity contribution in [3.63, 3.8) is 0 Å². The zero-order valence-electron chi connectivity index (χ0n) is 11.3. The molecule has 0 aliphatic rings. The Bertz CT molecular complexity index is 484. The molecule has 7 heteroatoms. The van der Waals surface area contributed by atoms with Crippen molar-refractivity contribution in [1.29, 1.82) is 5.41 Å². The first-order valence-corrected chi connectivity index (χ1v) is 6.14. The summed E-state index contributed by atoms with van der Waals surface area (Å²) in [6, 6.07) is 7.02. The van der Waals surface area contributed by atoms with Gasteiger partial charge in [0.15, 0.2) is 0 Å². The Kier molecular flexibility index (Phi) is 6.18. The van der Waals surface area contributed by atoms with Crippen LogP contribution in [0.4, 0.5) is 0 Å². The van der Waals surface area contributed by atoms with Gasteiger partial charge in [-0.15, -0.1) is 0 Å². The lowest BCUT2D eigenvalue weighted by Gasteiger charge is -2.07. The third-order valence-electron chi connectivity index (χ3n) is 2.54. The van der Waals surface area contributed by atoms with Crippen molar-refractivity contribution in [3.05, 3.63) is 35.4 Å². The first kappa shape index (κ1) is 15.6. The molecular weight excluding hydrogens is 258 g/mol. The molecule has 0 saturated carbocycles. The number of amides is 2. The number of carbonyl (C=O) groups is 2. The Morgan fingerprint density at radius 2 is 1.70 bits per heavy atom. The molecule has 0 aromatic heterocycles. The Labute approximate surface area is 117 Å². The molecular formula is C13H19N5O2. The number of hydrogen-bond acceptors (Lipinski definition) is 4. The Morgan fingerprint density at radius 1 is 1.10 bits per heavy atom. The number of amidine groups is 1. The van der Waals surface area contributed by atoms with Crippen LogP contribution >= 0.6 is 0 Å². The molecule has 7 nitrogen and oxygen atoms in total. The fourth-order valence-electron chi connectivity index (χ4n) is 1.47. The van der Waals surface area contributed by atoms with Gasteiger partial charge < -0.3 is 21.7 Å². The summed E-state index contributed by atoms with van der Waals surface area (Å²) in [5.74, 6) is -0.480. The number of carbonyl (C=O) groups excluding carboxylic acids is 2. The number of benzene rings is 1. The molecule has 2 amide bonds. The normalized spacial score (nSPS) is 9.85. The zero-order chi connectivity index (χ0) is 15.0. The summed E-state index contributed by atoms with van der Waals surface area (Å²) in [5, 5.41) is 15.1. The molecule has 0 radical (unpaired) electrons. The monoisotopic (exact) mass is 277 g/mol. The van der Waals surface area contributed by atoms with E-state index in [1.165, 1.54) is 0 Å². The first-order chi connectivity index (χ1) is 9.52. The van der Waals surface area contributed by atoms with Crippen LogP contribution < -0.4 is 21.7 Å². The second-order valence-corrected chi connectivity index (χ2v) is 4.19. The molecule has 0 aliphatic carbocycles. The fourth-order valence-corrected chi connectivity index (χ4v) is 1.47. The van der Waals surface area contributed by atoms with E-state index in [1.54, 1.807) is 31.3 Å². The Morgan fingerprint density at radius 3 is 2.25 bits per heavy atom. The average molecular weight is 277 g/mol. The second kappa shape index (κ2) is 7.90. The highest BCUT2D eigenvalue weighted by atomic mass is 16.2. The van der Waals surface area contributed by atoms with Gasteiger partial charge in [-0.25, -0.2) is 0 Å². The smallest absolute Gasteiger partial charge is 0.239 e. The summed E-state index contributed by atoms with van der Waals surface area (Å²) in [4.78, 5) is 22.6. The third-order valence-corrected chi connectivity index (χ3v) is 2.54. The number of rotatable bonds is 7. The molecule has 0 saturated heterocycles. The first-order valence-electron chi connectivity index (χ1n) is 6.14. The SMILES string of the molecule is CNCC(=O)NCC(=O)NCc1ccc(C(=N)N)cc1. The van der Waals surface area contributed by atoms with E-state index in [0.717, 1.165) is 5.56 Å². The second-order valence-electron chi connectivity index (χ2n) is 4.19. The number of likely N-dealkylation sites (N-methyl/N-ethyl adjacent to an activating group) is 1. The van der Waals surface area contributed by atoms with Gasteiger partial charge in [0.25, 0.3) is 0 Å². The largest absolute Gasteiger partial charge is 0.384 e. The van der Waals surface area contributed by atoms with Gasteiger partial charge in [-0.05, 0) is 12.6 Å². The van der Waals surface area contributed by atoms with Crippen LogP contribution in [-0.4, -0.2) is 37.8 Å². The quantitative estimate of drug-likeness (QED) is 0.322. The highest BCUT2D eigenvalue weighted by Gasteiger charge is 2.04. The van der Waals surface area contributed by atoms with E-state index in [-0.39, 0.29) is 30.7 Å². The van der Waals surface area contributed by atoms with Gasteiger partial charge >= 0.3 is 0 Å². The Balaban J connectivity index is 2.33. The van der Waals surface area contributed by atoms with Crippen molar-refractivity contribution in [2.45, 2.75) is 6.54 Å². The lowest BCUT2D eigenvalue weighted by Crippen LogP contribution is -2.39. The number of nitrogens with two attached hydrogens (primary N) is 1. The molecule has 0 aliphatic heterocycles. The van der Waals surface area contributed by atoms with Gasteiger partial charge in [0.05, 0.1) is 13.1 Å². The maximum absolute atomic E-state index is 11.5. The summed E-state index contributed by atoms with van der Waals surface area (Å²) >= 11 is 0. The summed E-state index contributed by atoms with van der Waals surface area (Å²) in [6.45, 7) is 0.491. The topological polar surface area (TPSA) is 120 Å². The van der Waals surface area contributed by atoms with Crippen LogP contribution in [0.1, 0.15) is 11.1 Å². The number of nitrogens with one attached hydrogen (secondary N) is 4. The lowest BCUT2D eigenvalue weighted by molar-refractivity contribution is -0.125. The third kappa shape index (κ3) is 5.49. The van der Waals surface area contributed by atoms with E-state index in [4.69, 9.17) is 11.1 Å². The van der Waals surface area contributed by atoms with E-state index in [1.807, 2.05) is 0 Å². The molecule has 0 atom stereocenters. The van der Waals surface area contributed by atoms with Crippen LogP contribution in [0.15, 0.2) is 24.3 Å². The zero-order valence-corrected chi connectivity index (χ0v) is 11.3. The minimum atomic E-state index is -0.259. The Hall–Kier alpha value is -2.41. The molecule has 1 aromatic rings. The van der Waals surface area contributed by atoms with Crippen molar-refractivity contribution >= 4 is 17.6 Å². The van der Waals surface area contributed by atoms with Crippen LogP contribution in [-0.2, 0) is 16.1 Å². The number of hydrogen-bond donors (Lipinski definition) is 5. The predicted molar refractivity (Wildman–Crippen MR) is 76.2 cm³/mol. The summed E-state index contributed by atoms with van der Waals surface area (Å²) in [6.07, 6.45) is 0. The molecule has 1 aromatic carbocycles. The molecule has 0 heterocycles. The van der Waals surface area contributed by atoms with E-state index in [2.05, 4.69) is 16.0 Å². The van der Waals surface area contributed by atoms with Crippen molar-refractivity contribution < 1.29 is 9.59 Å². The van der Waals surface area contributed by atoms with E-state index >= 15 is 0 Å². The minimum Gasteiger partial charge on any atom is -0.384 e. The average Bonchev–Trinajstić information content (AvgIpc) is 2.43. The molecule has 108 valence electrons.